The van der Waals surface area contributed by atoms with Gasteiger partial charge in [-0.2, -0.15) is 0 Å². The number of rotatable bonds is 6. The summed E-state index contributed by atoms with van der Waals surface area (Å²) in [6.07, 6.45) is 3.51. The summed E-state index contributed by atoms with van der Waals surface area (Å²) < 4.78 is 0. The van der Waals surface area contributed by atoms with Crippen LogP contribution in [0.4, 0.5) is 10.5 Å². The fourth-order valence-corrected chi connectivity index (χ4v) is 3.11. The number of amides is 4. The van der Waals surface area contributed by atoms with Crippen LogP contribution < -0.4 is 5.32 Å². The summed E-state index contributed by atoms with van der Waals surface area (Å²) in [7, 11) is 0. The lowest BCUT2D eigenvalue weighted by Gasteiger charge is -2.18. The van der Waals surface area contributed by atoms with Crippen molar-refractivity contribution in [2.24, 2.45) is 0 Å². The third-order valence-electron chi connectivity index (χ3n) is 4.64. The number of carbonyl (C=O) groups excluding carboxylic acids is 3. The van der Waals surface area contributed by atoms with Gasteiger partial charge in [-0.05, 0) is 36.8 Å². The van der Waals surface area contributed by atoms with E-state index in [1.807, 2.05) is 32.0 Å². The van der Waals surface area contributed by atoms with Gasteiger partial charge < -0.3 is 10.2 Å². The highest BCUT2D eigenvalue weighted by Gasteiger charge is 2.44. The first-order valence-electron chi connectivity index (χ1n) is 8.56. The number of imide groups is 1. The van der Waals surface area contributed by atoms with Crippen LogP contribution in [0, 0.1) is 0 Å². The fraction of sp³-hybridized carbons (Fsp3) is 0.500. The van der Waals surface area contributed by atoms with E-state index in [1.54, 1.807) is 4.90 Å². The monoisotopic (exact) mass is 329 g/mol. The second kappa shape index (κ2) is 6.63. The van der Waals surface area contributed by atoms with Crippen molar-refractivity contribution in [1.82, 2.24) is 9.80 Å². The molecule has 0 unspecified atom stereocenters. The smallest absolute Gasteiger partial charge is 0.324 e. The lowest BCUT2D eigenvalue weighted by Crippen LogP contribution is -2.39. The second-order valence-electron chi connectivity index (χ2n) is 6.33. The van der Waals surface area contributed by atoms with Crippen molar-refractivity contribution in [2.45, 2.75) is 45.6 Å². The number of carbonyl (C=O) groups is 3. The zero-order chi connectivity index (χ0) is 17.3. The Morgan fingerprint density at radius 2 is 1.79 bits per heavy atom. The number of para-hydroxylation sites is 1. The van der Waals surface area contributed by atoms with Gasteiger partial charge in [0.05, 0.1) is 0 Å². The molecule has 128 valence electrons. The Morgan fingerprint density at radius 1 is 1.17 bits per heavy atom. The molecule has 1 aliphatic heterocycles. The van der Waals surface area contributed by atoms with Crippen LogP contribution in [0.5, 0.6) is 0 Å². The highest BCUT2D eigenvalue weighted by molar-refractivity contribution is 6.06. The van der Waals surface area contributed by atoms with E-state index < -0.39 is 0 Å². The molecule has 3 rings (SSSR count). The van der Waals surface area contributed by atoms with E-state index in [4.69, 9.17) is 0 Å². The Hall–Kier alpha value is -2.37. The van der Waals surface area contributed by atoms with Crippen molar-refractivity contribution in [3.8, 4) is 0 Å². The Balaban J connectivity index is 1.70. The van der Waals surface area contributed by atoms with E-state index in [0.717, 1.165) is 47.4 Å². The summed E-state index contributed by atoms with van der Waals surface area (Å²) in [6.45, 7) is 3.95. The number of aryl methyl sites for hydroxylation is 2. The number of hydrogen-bond donors (Lipinski definition) is 1. The van der Waals surface area contributed by atoms with Gasteiger partial charge in [-0.25, -0.2) is 4.79 Å². The highest BCUT2D eigenvalue weighted by Crippen LogP contribution is 2.30. The maximum absolute atomic E-state index is 12.4. The average molecular weight is 329 g/mol. The number of hydrogen-bond acceptors (Lipinski definition) is 3. The van der Waals surface area contributed by atoms with Crippen LogP contribution in [-0.2, 0) is 22.4 Å². The van der Waals surface area contributed by atoms with Crippen LogP contribution in [0.1, 0.15) is 37.8 Å². The summed E-state index contributed by atoms with van der Waals surface area (Å²) >= 11 is 0. The summed E-state index contributed by atoms with van der Waals surface area (Å²) in [4.78, 5) is 39.4. The van der Waals surface area contributed by atoms with E-state index in [-0.39, 0.29) is 37.0 Å². The molecule has 2 aliphatic rings. The normalized spacial score (nSPS) is 17.6. The largest absolute Gasteiger partial charge is 0.327 e. The van der Waals surface area contributed by atoms with Crippen LogP contribution in [0.25, 0.3) is 0 Å². The molecule has 0 aromatic heterocycles. The molecule has 1 heterocycles. The average Bonchev–Trinajstić information content (AvgIpc) is 3.37. The molecular formula is C18H23N3O3. The molecule has 2 fully saturated rings. The molecule has 1 aromatic rings. The zero-order valence-electron chi connectivity index (χ0n) is 14.2. The van der Waals surface area contributed by atoms with Gasteiger partial charge in [0.15, 0.2) is 0 Å². The topological polar surface area (TPSA) is 69.7 Å². The minimum absolute atomic E-state index is 0.0997. The van der Waals surface area contributed by atoms with E-state index in [0.29, 0.717) is 0 Å². The lowest BCUT2D eigenvalue weighted by molar-refractivity contribution is -0.129. The van der Waals surface area contributed by atoms with E-state index >= 15 is 0 Å². The predicted molar refractivity (Wildman–Crippen MR) is 90.7 cm³/mol. The van der Waals surface area contributed by atoms with E-state index in [9.17, 15) is 14.4 Å². The Kier molecular flexibility index (Phi) is 4.55. The van der Waals surface area contributed by atoms with Gasteiger partial charge in [0.25, 0.3) is 5.91 Å². The Bertz CT molecular complexity index is 660. The third kappa shape index (κ3) is 3.13. The molecule has 0 spiro atoms. The van der Waals surface area contributed by atoms with E-state index in [2.05, 4.69) is 5.32 Å². The molecule has 4 amide bonds. The van der Waals surface area contributed by atoms with Crippen molar-refractivity contribution < 1.29 is 14.4 Å². The quantitative estimate of drug-likeness (QED) is 0.813. The first-order valence-corrected chi connectivity index (χ1v) is 8.56. The number of urea groups is 1. The van der Waals surface area contributed by atoms with Crippen molar-refractivity contribution in [3.05, 3.63) is 29.3 Å². The minimum Gasteiger partial charge on any atom is -0.324 e. The molecule has 24 heavy (non-hydrogen) atoms. The van der Waals surface area contributed by atoms with Gasteiger partial charge in [-0.1, -0.05) is 32.0 Å². The lowest BCUT2D eigenvalue weighted by atomic mass is 10.0. The summed E-state index contributed by atoms with van der Waals surface area (Å²) in [6, 6.07) is 5.79. The van der Waals surface area contributed by atoms with Gasteiger partial charge in [-0.15, -0.1) is 0 Å². The summed E-state index contributed by atoms with van der Waals surface area (Å²) in [5, 5.41) is 2.91. The van der Waals surface area contributed by atoms with Crippen LogP contribution in [0.3, 0.4) is 0 Å². The molecule has 1 N–H and O–H groups in total. The highest BCUT2D eigenvalue weighted by atomic mass is 16.2. The standard InChI is InChI=1S/C18H23N3O3/c1-3-12-6-5-7-13(4-2)17(12)19-15(22)10-21-16(23)11-20(18(21)24)14-8-9-14/h5-7,14H,3-4,8-11H2,1-2H3,(H,19,22). The molecular weight excluding hydrogens is 306 g/mol. The van der Waals surface area contributed by atoms with Crippen LogP contribution in [0.2, 0.25) is 0 Å². The number of nitrogens with zero attached hydrogens (tertiary/aromatic N) is 2. The number of anilines is 1. The zero-order valence-corrected chi connectivity index (χ0v) is 14.2. The van der Waals surface area contributed by atoms with E-state index in [1.165, 1.54) is 0 Å². The van der Waals surface area contributed by atoms with Crippen LogP contribution >= 0.6 is 0 Å². The molecule has 1 saturated heterocycles. The predicted octanol–water partition coefficient (Wildman–Crippen LogP) is 2.18. The number of nitrogens with one attached hydrogen (secondary N) is 1. The fourth-order valence-electron chi connectivity index (χ4n) is 3.11. The number of benzene rings is 1. The molecule has 1 aliphatic carbocycles. The van der Waals surface area contributed by atoms with Gasteiger partial charge in [-0.3, -0.25) is 14.5 Å². The van der Waals surface area contributed by atoms with Crippen molar-refractivity contribution in [1.29, 1.82) is 0 Å². The Labute approximate surface area is 141 Å². The van der Waals surface area contributed by atoms with Gasteiger partial charge in [0.1, 0.15) is 13.1 Å². The van der Waals surface area contributed by atoms with Crippen molar-refractivity contribution >= 4 is 23.5 Å². The second-order valence-corrected chi connectivity index (χ2v) is 6.33. The maximum atomic E-state index is 12.4. The molecule has 1 saturated carbocycles. The van der Waals surface area contributed by atoms with Crippen molar-refractivity contribution in [3.63, 3.8) is 0 Å². The molecule has 6 nitrogen and oxygen atoms in total. The summed E-state index contributed by atoms with van der Waals surface area (Å²) in [5.74, 6) is -0.619. The van der Waals surface area contributed by atoms with Gasteiger partial charge in [0, 0.05) is 11.7 Å². The maximum Gasteiger partial charge on any atom is 0.327 e. The van der Waals surface area contributed by atoms with Crippen LogP contribution in [-0.4, -0.2) is 46.8 Å². The minimum atomic E-state index is -0.336. The molecule has 0 bridgehead atoms. The third-order valence-corrected chi connectivity index (χ3v) is 4.64. The van der Waals surface area contributed by atoms with Gasteiger partial charge >= 0.3 is 6.03 Å². The van der Waals surface area contributed by atoms with Gasteiger partial charge in [0.2, 0.25) is 5.91 Å². The molecule has 0 radical (unpaired) electrons. The SMILES string of the molecule is CCc1cccc(CC)c1NC(=O)CN1C(=O)CN(C2CC2)C1=O. The molecule has 0 atom stereocenters. The van der Waals surface area contributed by atoms with Crippen molar-refractivity contribution in [2.75, 3.05) is 18.4 Å². The molecule has 1 aromatic carbocycles. The first-order chi connectivity index (χ1) is 11.5. The van der Waals surface area contributed by atoms with Crippen LogP contribution in [0.15, 0.2) is 18.2 Å². The Morgan fingerprint density at radius 3 is 2.33 bits per heavy atom. The molecule has 6 heteroatoms. The first kappa shape index (κ1) is 16.5. The summed E-state index contributed by atoms with van der Waals surface area (Å²) in [5.41, 5.74) is 2.92.